The quantitative estimate of drug-likeness (QED) is 0.832. The number of nitrogens with zero attached hydrogens (tertiary/aromatic N) is 1. The summed E-state index contributed by atoms with van der Waals surface area (Å²) in [5, 5.41) is 3.50. The average Bonchev–Trinajstić information content (AvgIpc) is 2.79. The fourth-order valence-electron chi connectivity index (χ4n) is 2.05. The number of hydrogen-bond donors (Lipinski definition) is 1. The summed E-state index contributed by atoms with van der Waals surface area (Å²) in [7, 11) is 0. The van der Waals surface area contributed by atoms with E-state index in [1.165, 1.54) is 16.8 Å². The highest BCUT2D eigenvalue weighted by molar-refractivity contribution is 5.25. The van der Waals surface area contributed by atoms with Gasteiger partial charge < -0.3 is 9.88 Å². The van der Waals surface area contributed by atoms with Crippen LogP contribution in [0.15, 0.2) is 42.6 Å². The summed E-state index contributed by atoms with van der Waals surface area (Å²) < 4.78 is 2.27. The van der Waals surface area contributed by atoms with Gasteiger partial charge in [-0.1, -0.05) is 24.3 Å². The van der Waals surface area contributed by atoms with Crippen molar-refractivity contribution < 1.29 is 0 Å². The molecule has 1 aromatic heterocycles. The van der Waals surface area contributed by atoms with Crippen LogP contribution in [0.25, 0.3) is 0 Å². The summed E-state index contributed by atoms with van der Waals surface area (Å²) in [5.41, 5.74) is 4.08. The molecule has 0 aliphatic rings. The molecule has 0 saturated heterocycles. The largest absolute Gasteiger partial charge is 0.351 e. The molecule has 0 saturated carbocycles. The van der Waals surface area contributed by atoms with Crippen molar-refractivity contribution in [2.45, 2.75) is 33.5 Å². The zero-order valence-corrected chi connectivity index (χ0v) is 10.6. The molecule has 0 bridgehead atoms. The summed E-state index contributed by atoms with van der Waals surface area (Å²) in [6, 6.07) is 12.8. The van der Waals surface area contributed by atoms with Gasteiger partial charge in [-0.3, -0.25) is 0 Å². The van der Waals surface area contributed by atoms with Gasteiger partial charge in [0.2, 0.25) is 0 Å². The molecule has 0 atom stereocenters. The normalized spacial score (nSPS) is 10.7. The third kappa shape index (κ3) is 2.98. The summed E-state index contributed by atoms with van der Waals surface area (Å²) in [4.78, 5) is 0. The molecule has 0 unspecified atom stereocenters. The van der Waals surface area contributed by atoms with Crippen LogP contribution in [-0.2, 0) is 19.6 Å². The highest BCUT2D eigenvalue weighted by Crippen LogP contribution is 2.07. The lowest BCUT2D eigenvalue weighted by Gasteiger charge is -2.09. The first-order chi connectivity index (χ1) is 8.31. The third-order valence-electron chi connectivity index (χ3n) is 3.15. The zero-order chi connectivity index (χ0) is 12.1. The molecule has 2 rings (SSSR count). The summed E-state index contributed by atoms with van der Waals surface area (Å²) >= 11 is 0. The van der Waals surface area contributed by atoms with Crippen LogP contribution in [0.3, 0.4) is 0 Å². The minimum absolute atomic E-state index is 0.926. The van der Waals surface area contributed by atoms with Crippen LogP contribution in [0, 0.1) is 6.92 Å². The summed E-state index contributed by atoms with van der Waals surface area (Å²) in [6.45, 7) is 7.22. The Labute approximate surface area is 103 Å². The molecule has 1 N–H and O–H groups in total. The lowest BCUT2D eigenvalue weighted by molar-refractivity contribution is 0.628. The number of benzene rings is 1. The highest BCUT2D eigenvalue weighted by Gasteiger charge is 2.00. The molecular weight excluding hydrogens is 208 g/mol. The molecule has 1 heterocycles. The molecule has 0 radical (unpaired) electrons. The minimum Gasteiger partial charge on any atom is -0.351 e. The van der Waals surface area contributed by atoms with Crippen molar-refractivity contribution in [2.75, 3.05) is 0 Å². The van der Waals surface area contributed by atoms with Gasteiger partial charge in [0.1, 0.15) is 0 Å². The van der Waals surface area contributed by atoms with E-state index >= 15 is 0 Å². The SMILES string of the molecule is CCn1cccc1CNCc1ccccc1C. The van der Waals surface area contributed by atoms with Gasteiger partial charge >= 0.3 is 0 Å². The van der Waals surface area contributed by atoms with Crippen molar-refractivity contribution in [3.63, 3.8) is 0 Å². The maximum atomic E-state index is 3.50. The average molecular weight is 228 g/mol. The topological polar surface area (TPSA) is 17.0 Å². The first-order valence-corrected chi connectivity index (χ1v) is 6.20. The summed E-state index contributed by atoms with van der Waals surface area (Å²) in [5.74, 6) is 0. The molecule has 0 fully saturated rings. The molecular formula is C15H20N2. The van der Waals surface area contributed by atoms with Gasteiger partial charge in [0.25, 0.3) is 0 Å². The van der Waals surface area contributed by atoms with Crippen molar-refractivity contribution in [2.24, 2.45) is 0 Å². The smallest absolute Gasteiger partial charge is 0.0362 e. The Hall–Kier alpha value is -1.54. The van der Waals surface area contributed by atoms with E-state index in [2.05, 4.69) is 66.3 Å². The zero-order valence-electron chi connectivity index (χ0n) is 10.6. The van der Waals surface area contributed by atoms with E-state index < -0.39 is 0 Å². The Morgan fingerprint density at radius 1 is 1.06 bits per heavy atom. The molecule has 0 aliphatic carbocycles. The Kier molecular flexibility index (Phi) is 3.99. The second-order valence-corrected chi connectivity index (χ2v) is 4.32. The molecule has 0 aliphatic heterocycles. The molecule has 0 spiro atoms. The maximum Gasteiger partial charge on any atom is 0.0362 e. The van der Waals surface area contributed by atoms with Gasteiger partial charge in [-0.25, -0.2) is 0 Å². The first kappa shape index (κ1) is 11.9. The van der Waals surface area contributed by atoms with Gasteiger partial charge in [-0.2, -0.15) is 0 Å². The molecule has 2 nitrogen and oxygen atoms in total. The molecule has 17 heavy (non-hydrogen) atoms. The van der Waals surface area contributed by atoms with Crippen LogP contribution in [0.1, 0.15) is 23.7 Å². The monoisotopic (exact) mass is 228 g/mol. The first-order valence-electron chi connectivity index (χ1n) is 6.20. The van der Waals surface area contributed by atoms with Crippen molar-refractivity contribution in [1.82, 2.24) is 9.88 Å². The van der Waals surface area contributed by atoms with Crippen LogP contribution in [0.2, 0.25) is 0 Å². The maximum absolute atomic E-state index is 3.50. The van der Waals surface area contributed by atoms with Crippen molar-refractivity contribution in [3.05, 3.63) is 59.4 Å². The van der Waals surface area contributed by atoms with Gasteiger partial charge in [-0.05, 0) is 37.1 Å². The molecule has 90 valence electrons. The molecule has 1 aromatic carbocycles. The number of hydrogen-bond acceptors (Lipinski definition) is 1. The molecule has 0 amide bonds. The van der Waals surface area contributed by atoms with Crippen LogP contribution < -0.4 is 5.32 Å². The van der Waals surface area contributed by atoms with Gasteiger partial charge in [0.15, 0.2) is 0 Å². The Morgan fingerprint density at radius 2 is 1.88 bits per heavy atom. The molecule has 2 aromatic rings. The van der Waals surface area contributed by atoms with Gasteiger partial charge in [0, 0.05) is 31.5 Å². The number of aryl methyl sites for hydroxylation is 2. The second kappa shape index (κ2) is 5.69. The lowest BCUT2D eigenvalue weighted by atomic mass is 10.1. The van der Waals surface area contributed by atoms with E-state index in [0.29, 0.717) is 0 Å². The Bertz CT molecular complexity index is 471. The van der Waals surface area contributed by atoms with Crippen LogP contribution in [0.5, 0.6) is 0 Å². The predicted octanol–water partition coefficient (Wildman–Crippen LogP) is 3.11. The van der Waals surface area contributed by atoms with Crippen LogP contribution in [-0.4, -0.2) is 4.57 Å². The van der Waals surface area contributed by atoms with Gasteiger partial charge in [0.05, 0.1) is 0 Å². The standard InChI is InChI=1S/C15H20N2/c1-3-17-10-6-9-15(17)12-16-11-14-8-5-4-7-13(14)2/h4-10,16H,3,11-12H2,1-2H3. The second-order valence-electron chi connectivity index (χ2n) is 4.32. The number of nitrogens with one attached hydrogen (secondary N) is 1. The van der Waals surface area contributed by atoms with E-state index in [1.807, 2.05) is 0 Å². The van der Waals surface area contributed by atoms with E-state index in [9.17, 15) is 0 Å². The van der Waals surface area contributed by atoms with E-state index in [4.69, 9.17) is 0 Å². The van der Waals surface area contributed by atoms with Crippen molar-refractivity contribution in [3.8, 4) is 0 Å². The molecule has 2 heteroatoms. The predicted molar refractivity (Wildman–Crippen MR) is 71.8 cm³/mol. The van der Waals surface area contributed by atoms with Crippen LogP contribution >= 0.6 is 0 Å². The van der Waals surface area contributed by atoms with Crippen molar-refractivity contribution in [1.29, 1.82) is 0 Å². The Morgan fingerprint density at radius 3 is 2.65 bits per heavy atom. The third-order valence-corrected chi connectivity index (χ3v) is 3.15. The van der Waals surface area contributed by atoms with E-state index in [1.54, 1.807) is 0 Å². The number of aromatic nitrogens is 1. The Balaban J connectivity index is 1.90. The highest BCUT2D eigenvalue weighted by atomic mass is 15.0. The lowest BCUT2D eigenvalue weighted by Crippen LogP contribution is -2.16. The van der Waals surface area contributed by atoms with E-state index in [-0.39, 0.29) is 0 Å². The minimum atomic E-state index is 0.926. The number of rotatable bonds is 5. The van der Waals surface area contributed by atoms with Gasteiger partial charge in [-0.15, -0.1) is 0 Å². The van der Waals surface area contributed by atoms with Crippen LogP contribution in [0.4, 0.5) is 0 Å². The van der Waals surface area contributed by atoms with Crippen molar-refractivity contribution >= 4 is 0 Å². The fraction of sp³-hybridized carbons (Fsp3) is 0.333. The van der Waals surface area contributed by atoms with E-state index in [0.717, 1.165) is 19.6 Å². The summed E-state index contributed by atoms with van der Waals surface area (Å²) in [6.07, 6.45) is 2.13. The fourth-order valence-corrected chi connectivity index (χ4v) is 2.05.